The van der Waals surface area contributed by atoms with Crippen LogP contribution in [0.2, 0.25) is 0 Å². The topological polar surface area (TPSA) is 56.1 Å². The van der Waals surface area contributed by atoms with Gasteiger partial charge in [0, 0.05) is 32.6 Å². The van der Waals surface area contributed by atoms with E-state index in [4.69, 9.17) is 4.74 Å². The average Bonchev–Trinajstić information content (AvgIpc) is 3.19. The molecule has 0 aliphatic rings. The lowest BCUT2D eigenvalue weighted by atomic mass is 9.98. The van der Waals surface area contributed by atoms with Crippen molar-refractivity contribution in [1.29, 1.82) is 0 Å². The zero-order valence-corrected chi connectivity index (χ0v) is 15.1. The first-order valence-corrected chi connectivity index (χ1v) is 8.61. The van der Waals surface area contributed by atoms with Gasteiger partial charge in [-0.15, -0.1) is 0 Å². The minimum Gasteiger partial charge on any atom is -0.372 e. The molecular weight excluding hydrogens is 326 g/mol. The molecular formula is C21H23N3O2. The van der Waals surface area contributed by atoms with E-state index < -0.39 is 6.10 Å². The van der Waals surface area contributed by atoms with E-state index in [0.29, 0.717) is 6.54 Å². The fourth-order valence-electron chi connectivity index (χ4n) is 2.77. The van der Waals surface area contributed by atoms with Gasteiger partial charge in [0.05, 0.1) is 6.33 Å². The number of nitrogens with zero attached hydrogens (tertiary/aromatic N) is 2. The number of hydrogen-bond acceptors (Lipinski definition) is 3. The van der Waals surface area contributed by atoms with Crippen molar-refractivity contribution < 1.29 is 9.53 Å². The fraction of sp³-hybridized carbons (Fsp3) is 0.238. The minimum atomic E-state index is -0.454. The normalized spacial score (nSPS) is 11.9. The molecule has 0 unspecified atom stereocenters. The zero-order chi connectivity index (χ0) is 18.4. The highest BCUT2D eigenvalue weighted by molar-refractivity contribution is 5.80. The van der Waals surface area contributed by atoms with Crippen molar-refractivity contribution >= 4 is 5.91 Å². The second-order valence-corrected chi connectivity index (χ2v) is 6.18. The fourth-order valence-corrected chi connectivity index (χ4v) is 2.77. The van der Waals surface area contributed by atoms with E-state index >= 15 is 0 Å². The molecule has 0 saturated carbocycles. The molecule has 5 nitrogen and oxygen atoms in total. The monoisotopic (exact) mass is 349 g/mol. The Morgan fingerprint density at radius 3 is 2.65 bits per heavy atom. The van der Waals surface area contributed by atoms with Crippen molar-refractivity contribution in [3.8, 4) is 11.1 Å². The molecule has 1 heterocycles. The summed E-state index contributed by atoms with van der Waals surface area (Å²) in [5.41, 5.74) is 4.54. The second kappa shape index (κ2) is 8.45. The van der Waals surface area contributed by atoms with Crippen LogP contribution in [0.25, 0.3) is 11.1 Å². The van der Waals surface area contributed by atoms with Gasteiger partial charge in [-0.2, -0.15) is 0 Å². The Hall–Kier alpha value is -2.92. The third-order valence-electron chi connectivity index (χ3n) is 4.38. The summed E-state index contributed by atoms with van der Waals surface area (Å²) in [7, 11) is 1.53. The van der Waals surface area contributed by atoms with E-state index in [9.17, 15) is 4.79 Å². The number of carbonyl (C=O) groups is 1. The van der Waals surface area contributed by atoms with Crippen LogP contribution in [0.1, 0.15) is 18.1 Å². The summed E-state index contributed by atoms with van der Waals surface area (Å²) < 4.78 is 7.09. The first-order chi connectivity index (χ1) is 12.7. The maximum absolute atomic E-state index is 11.9. The highest BCUT2D eigenvalue weighted by atomic mass is 16.5. The van der Waals surface area contributed by atoms with Crippen molar-refractivity contribution in [1.82, 2.24) is 14.9 Å². The molecule has 2 aromatic carbocycles. The van der Waals surface area contributed by atoms with Crippen LogP contribution in [0, 0.1) is 0 Å². The maximum Gasteiger partial charge on any atom is 0.249 e. The molecule has 0 aliphatic carbocycles. The molecule has 1 atom stereocenters. The number of hydrogen-bond donors (Lipinski definition) is 1. The molecule has 1 amide bonds. The molecule has 134 valence electrons. The van der Waals surface area contributed by atoms with Gasteiger partial charge in [-0.3, -0.25) is 4.79 Å². The van der Waals surface area contributed by atoms with Gasteiger partial charge in [0.25, 0.3) is 0 Å². The number of benzene rings is 2. The van der Waals surface area contributed by atoms with E-state index in [1.807, 2.05) is 35.3 Å². The Bertz CT molecular complexity index is 842. The molecule has 0 spiro atoms. The summed E-state index contributed by atoms with van der Waals surface area (Å²) in [4.78, 5) is 16.0. The van der Waals surface area contributed by atoms with Crippen LogP contribution < -0.4 is 5.32 Å². The molecule has 0 aliphatic heterocycles. The summed E-state index contributed by atoms with van der Waals surface area (Å²) in [6.07, 6.45) is 5.09. The molecule has 1 N–H and O–H groups in total. The predicted octanol–water partition coefficient (Wildman–Crippen LogP) is 3.25. The van der Waals surface area contributed by atoms with Gasteiger partial charge in [-0.25, -0.2) is 4.98 Å². The molecule has 1 aromatic heterocycles. The molecule has 5 heteroatoms. The number of amides is 1. The van der Waals surface area contributed by atoms with Crippen molar-refractivity contribution in [3.05, 3.63) is 78.4 Å². The number of rotatable bonds is 7. The summed E-state index contributed by atoms with van der Waals surface area (Å²) in [6.45, 7) is 3.01. The Morgan fingerprint density at radius 1 is 1.19 bits per heavy atom. The lowest BCUT2D eigenvalue weighted by molar-refractivity contribution is -0.130. The lowest BCUT2D eigenvalue weighted by Gasteiger charge is -2.14. The van der Waals surface area contributed by atoms with Gasteiger partial charge in [0.1, 0.15) is 6.10 Å². The number of nitrogens with one attached hydrogen (secondary N) is 1. The number of ether oxygens (including phenoxy) is 1. The van der Waals surface area contributed by atoms with Crippen LogP contribution in [-0.4, -0.2) is 28.7 Å². The van der Waals surface area contributed by atoms with Gasteiger partial charge in [-0.05, 0) is 29.2 Å². The molecule has 3 rings (SSSR count). The first kappa shape index (κ1) is 17.9. The maximum atomic E-state index is 11.9. The van der Waals surface area contributed by atoms with Gasteiger partial charge < -0.3 is 14.6 Å². The van der Waals surface area contributed by atoms with E-state index in [-0.39, 0.29) is 5.91 Å². The third-order valence-corrected chi connectivity index (χ3v) is 4.38. The van der Waals surface area contributed by atoms with E-state index in [0.717, 1.165) is 23.2 Å². The Morgan fingerprint density at radius 2 is 1.96 bits per heavy atom. The van der Waals surface area contributed by atoms with Gasteiger partial charge >= 0.3 is 0 Å². The SMILES string of the molecule is CO[C@@H](C)C(=O)NCc1ccccc1-c1ccc(Cn2ccnc2)cc1. The Labute approximate surface area is 153 Å². The summed E-state index contributed by atoms with van der Waals surface area (Å²) >= 11 is 0. The van der Waals surface area contributed by atoms with E-state index in [1.165, 1.54) is 12.7 Å². The summed E-state index contributed by atoms with van der Waals surface area (Å²) in [5, 5.41) is 2.93. The molecule has 0 radical (unpaired) electrons. The van der Waals surface area contributed by atoms with Crippen LogP contribution in [0.5, 0.6) is 0 Å². The van der Waals surface area contributed by atoms with Crippen LogP contribution in [0.4, 0.5) is 0 Å². The largest absolute Gasteiger partial charge is 0.372 e. The zero-order valence-electron chi connectivity index (χ0n) is 15.1. The minimum absolute atomic E-state index is 0.113. The number of aromatic nitrogens is 2. The van der Waals surface area contributed by atoms with Crippen molar-refractivity contribution in [3.63, 3.8) is 0 Å². The molecule has 0 saturated heterocycles. The third kappa shape index (κ3) is 4.37. The average molecular weight is 349 g/mol. The molecule has 3 aromatic rings. The summed E-state index contributed by atoms with van der Waals surface area (Å²) in [5.74, 6) is -0.113. The van der Waals surface area contributed by atoms with Crippen LogP contribution in [-0.2, 0) is 22.6 Å². The Kier molecular flexibility index (Phi) is 5.81. The Balaban J connectivity index is 1.73. The predicted molar refractivity (Wildman–Crippen MR) is 102 cm³/mol. The molecule has 0 fully saturated rings. The van der Waals surface area contributed by atoms with E-state index in [1.54, 1.807) is 13.1 Å². The molecule has 0 bridgehead atoms. The van der Waals surface area contributed by atoms with Crippen molar-refractivity contribution in [2.24, 2.45) is 0 Å². The quantitative estimate of drug-likeness (QED) is 0.712. The highest BCUT2D eigenvalue weighted by Gasteiger charge is 2.12. The number of methoxy groups -OCH3 is 1. The summed E-state index contributed by atoms with van der Waals surface area (Å²) in [6, 6.07) is 16.6. The van der Waals surface area contributed by atoms with Gasteiger partial charge in [-0.1, -0.05) is 48.5 Å². The van der Waals surface area contributed by atoms with Gasteiger partial charge in [0.2, 0.25) is 5.91 Å². The van der Waals surface area contributed by atoms with Crippen molar-refractivity contribution in [2.75, 3.05) is 7.11 Å². The highest BCUT2D eigenvalue weighted by Crippen LogP contribution is 2.24. The smallest absolute Gasteiger partial charge is 0.249 e. The van der Waals surface area contributed by atoms with Crippen molar-refractivity contribution in [2.45, 2.75) is 26.1 Å². The van der Waals surface area contributed by atoms with Crippen LogP contribution >= 0.6 is 0 Å². The first-order valence-electron chi connectivity index (χ1n) is 8.61. The van der Waals surface area contributed by atoms with E-state index in [2.05, 4.69) is 40.6 Å². The van der Waals surface area contributed by atoms with Crippen LogP contribution in [0.3, 0.4) is 0 Å². The van der Waals surface area contributed by atoms with Crippen LogP contribution in [0.15, 0.2) is 67.3 Å². The second-order valence-electron chi connectivity index (χ2n) is 6.18. The molecule has 26 heavy (non-hydrogen) atoms. The van der Waals surface area contributed by atoms with Gasteiger partial charge in [0.15, 0.2) is 0 Å². The lowest BCUT2D eigenvalue weighted by Crippen LogP contribution is -2.33. The number of imidazole rings is 1. The standard InChI is InChI=1S/C21H23N3O2/c1-16(26-2)21(25)23-13-19-5-3-4-6-20(19)18-9-7-17(8-10-18)14-24-12-11-22-15-24/h3-12,15-16H,13-14H2,1-2H3,(H,23,25)/t16-/m0/s1. The number of carbonyl (C=O) groups excluding carboxylic acids is 1.